The van der Waals surface area contributed by atoms with Crippen molar-refractivity contribution in [2.45, 2.75) is 39.5 Å². The number of Topliss-reactive ketones (excluding diaryl/α,β-unsaturated/α-hetero) is 1. The highest BCUT2D eigenvalue weighted by Gasteiger charge is 2.56. The van der Waals surface area contributed by atoms with Gasteiger partial charge in [0.2, 0.25) is 11.8 Å². The fraction of sp³-hybridized carbons (Fsp3) is 0.379. The van der Waals surface area contributed by atoms with Crippen molar-refractivity contribution in [1.82, 2.24) is 4.90 Å². The molecule has 0 saturated carbocycles. The minimum Gasteiger partial charge on any atom is -0.508 e. The zero-order valence-corrected chi connectivity index (χ0v) is 20.2. The summed E-state index contributed by atoms with van der Waals surface area (Å²) >= 11 is 0. The maximum absolute atomic E-state index is 13.5. The number of fused-ring (bicyclic) bond motifs is 4. The van der Waals surface area contributed by atoms with Gasteiger partial charge < -0.3 is 9.84 Å². The van der Waals surface area contributed by atoms with Crippen molar-refractivity contribution in [2.75, 3.05) is 6.54 Å². The molecule has 5 aliphatic rings. The number of ketones is 2. The first kappa shape index (κ1) is 22.7. The van der Waals surface area contributed by atoms with Gasteiger partial charge in [0, 0.05) is 41.2 Å². The Morgan fingerprint density at radius 3 is 2.69 bits per heavy atom. The van der Waals surface area contributed by atoms with Gasteiger partial charge in [-0.05, 0) is 62.0 Å². The number of likely N-dealkylation sites (tertiary alicyclic amines) is 1. The normalized spacial score (nSPS) is 29.1. The third-order valence-corrected chi connectivity index (χ3v) is 8.25. The minimum atomic E-state index is -0.531. The number of phenols is 1. The van der Waals surface area contributed by atoms with Gasteiger partial charge in [0.1, 0.15) is 11.5 Å². The fourth-order valence-electron chi connectivity index (χ4n) is 6.70. The van der Waals surface area contributed by atoms with Gasteiger partial charge in [-0.25, -0.2) is 0 Å². The molecule has 4 atom stereocenters. The monoisotopic (exact) mass is 485 g/mol. The van der Waals surface area contributed by atoms with E-state index in [1.165, 1.54) is 11.0 Å². The fourth-order valence-corrected chi connectivity index (χ4v) is 6.70. The molecule has 1 aromatic rings. The maximum atomic E-state index is 13.5. The van der Waals surface area contributed by atoms with Crippen molar-refractivity contribution in [3.05, 3.63) is 70.0 Å². The van der Waals surface area contributed by atoms with Crippen LogP contribution in [0, 0.1) is 23.7 Å². The number of allylic oxidation sites excluding steroid dienone is 7. The van der Waals surface area contributed by atoms with Crippen LogP contribution in [0.5, 0.6) is 11.5 Å². The number of ether oxygens (including phenoxy) is 1. The van der Waals surface area contributed by atoms with E-state index in [0.717, 1.165) is 16.7 Å². The van der Waals surface area contributed by atoms with E-state index in [2.05, 4.69) is 0 Å². The zero-order chi connectivity index (χ0) is 25.3. The lowest BCUT2D eigenvalue weighted by Gasteiger charge is -2.43. The van der Waals surface area contributed by atoms with Gasteiger partial charge in [-0.3, -0.25) is 24.1 Å². The van der Waals surface area contributed by atoms with Crippen LogP contribution in [0.25, 0.3) is 0 Å². The van der Waals surface area contributed by atoms with Gasteiger partial charge >= 0.3 is 0 Å². The molecule has 0 radical (unpaired) electrons. The van der Waals surface area contributed by atoms with Gasteiger partial charge in [0.05, 0.1) is 18.1 Å². The van der Waals surface area contributed by atoms with Crippen LogP contribution >= 0.6 is 0 Å². The van der Waals surface area contributed by atoms with E-state index >= 15 is 0 Å². The van der Waals surface area contributed by atoms with Gasteiger partial charge in [-0.1, -0.05) is 18.6 Å². The van der Waals surface area contributed by atoms with E-state index in [9.17, 15) is 24.3 Å². The Morgan fingerprint density at radius 1 is 1.11 bits per heavy atom. The van der Waals surface area contributed by atoms with Crippen LogP contribution in [0.2, 0.25) is 0 Å². The van der Waals surface area contributed by atoms with Crippen LogP contribution in [-0.2, 0) is 25.6 Å². The molecular formula is C29H27NO6. The van der Waals surface area contributed by atoms with E-state index in [0.29, 0.717) is 48.3 Å². The van der Waals surface area contributed by atoms with Crippen LogP contribution in [0.4, 0.5) is 0 Å². The molecule has 1 fully saturated rings. The van der Waals surface area contributed by atoms with Gasteiger partial charge in [-0.15, -0.1) is 0 Å². The third-order valence-electron chi connectivity index (χ3n) is 8.25. The second-order valence-corrected chi connectivity index (χ2v) is 10.3. The predicted molar refractivity (Wildman–Crippen MR) is 130 cm³/mol. The van der Waals surface area contributed by atoms with Crippen molar-refractivity contribution in [1.29, 1.82) is 0 Å². The van der Waals surface area contributed by atoms with Crippen molar-refractivity contribution < 1.29 is 29.0 Å². The van der Waals surface area contributed by atoms with E-state index < -0.39 is 17.8 Å². The van der Waals surface area contributed by atoms with E-state index in [1.54, 1.807) is 31.4 Å². The molecule has 0 unspecified atom stereocenters. The number of carbonyl (C=O) groups is 4. The summed E-state index contributed by atoms with van der Waals surface area (Å²) in [6.07, 6.45) is 6.89. The minimum absolute atomic E-state index is 0.119. The number of benzene rings is 1. The van der Waals surface area contributed by atoms with E-state index in [1.807, 2.05) is 13.0 Å². The Kier molecular flexibility index (Phi) is 5.14. The second-order valence-electron chi connectivity index (χ2n) is 10.3. The Bertz CT molecular complexity index is 1380. The highest BCUT2D eigenvalue weighted by Crippen LogP contribution is 2.54. The molecule has 184 valence electrons. The summed E-state index contributed by atoms with van der Waals surface area (Å²) in [6, 6.07) is 4.90. The van der Waals surface area contributed by atoms with Crippen LogP contribution in [0.1, 0.15) is 38.7 Å². The molecule has 3 aliphatic carbocycles. The predicted octanol–water partition coefficient (Wildman–Crippen LogP) is 3.58. The average molecular weight is 486 g/mol. The summed E-state index contributed by atoms with van der Waals surface area (Å²) in [6.45, 7) is 3.97. The lowest BCUT2D eigenvalue weighted by molar-refractivity contribution is -0.140. The lowest BCUT2D eigenvalue weighted by atomic mass is 9.58. The highest BCUT2D eigenvalue weighted by atomic mass is 16.5. The Balaban J connectivity index is 1.47. The molecular weight excluding hydrogens is 458 g/mol. The van der Waals surface area contributed by atoms with Gasteiger partial charge in [0.25, 0.3) is 0 Å². The number of phenolic OH excluding ortho intramolecular Hbond substituents is 1. The molecule has 1 N–H and O–H groups in total. The first-order chi connectivity index (χ1) is 17.3. The number of carbonyl (C=O) groups excluding carboxylic acids is 4. The first-order valence-electron chi connectivity index (χ1n) is 12.5. The van der Waals surface area contributed by atoms with Gasteiger partial charge in [0.15, 0.2) is 11.6 Å². The number of hydrogen-bond donors (Lipinski definition) is 1. The van der Waals surface area contributed by atoms with E-state index in [4.69, 9.17) is 4.74 Å². The third kappa shape index (κ3) is 3.18. The van der Waals surface area contributed by atoms with Crippen molar-refractivity contribution in [3.63, 3.8) is 0 Å². The van der Waals surface area contributed by atoms with E-state index in [-0.39, 0.29) is 41.5 Å². The molecule has 1 aromatic carbocycles. The lowest BCUT2D eigenvalue weighted by Crippen LogP contribution is -2.41. The highest BCUT2D eigenvalue weighted by molar-refractivity contribution is 6.23. The molecule has 0 spiro atoms. The Morgan fingerprint density at radius 2 is 1.92 bits per heavy atom. The quantitative estimate of drug-likeness (QED) is 0.399. The summed E-state index contributed by atoms with van der Waals surface area (Å²) in [5.41, 5.74) is 3.79. The molecule has 7 nitrogen and oxygen atoms in total. The molecule has 0 bridgehead atoms. The Hall–Kier alpha value is -3.74. The Labute approximate surface area is 208 Å². The zero-order valence-electron chi connectivity index (χ0n) is 20.2. The standard InChI is InChI=1S/C29H27NO6/c1-3-8-30-28(34)19-6-5-18-20(25(19)29(30)35)12-21-26(22(32)9-14(2)27(21)33)24(18)16-10-15-11-17(31)4-7-23(15)36-13-16/h4-5,7,9,11,13,19-20,24-25,31H,3,6,8,10,12H2,1-2H3/t19-,20+,24-,25-/m0/s1. The number of aromatic hydroxyl groups is 1. The summed E-state index contributed by atoms with van der Waals surface area (Å²) in [5, 5.41) is 10.0. The van der Waals surface area contributed by atoms with Crippen LogP contribution in [0.3, 0.4) is 0 Å². The smallest absolute Gasteiger partial charge is 0.233 e. The number of rotatable bonds is 3. The van der Waals surface area contributed by atoms with Crippen molar-refractivity contribution in [3.8, 4) is 11.5 Å². The average Bonchev–Trinajstić information content (AvgIpc) is 3.11. The van der Waals surface area contributed by atoms with Crippen LogP contribution in [0.15, 0.2) is 64.5 Å². The number of amides is 2. The number of hydrogen-bond acceptors (Lipinski definition) is 6. The molecule has 7 heteroatoms. The first-order valence-corrected chi connectivity index (χ1v) is 12.5. The van der Waals surface area contributed by atoms with Crippen molar-refractivity contribution in [2.24, 2.45) is 23.7 Å². The SMILES string of the molecule is CCCN1C(=O)[C@H]2[C@H](CC=C3[C@H](C4=COc5ccc(O)cc5C4)C4=C(C[C@H]32)C(=O)C(C)=CC4=O)C1=O. The number of nitrogens with zero attached hydrogens (tertiary/aromatic N) is 1. The summed E-state index contributed by atoms with van der Waals surface area (Å²) in [7, 11) is 0. The molecule has 2 aliphatic heterocycles. The molecule has 2 amide bonds. The van der Waals surface area contributed by atoms with Crippen LogP contribution in [-0.4, -0.2) is 39.9 Å². The number of imide groups is 1. The molecule has 0 aromatic heterocycles. The van der Waals surface area contributed by atoms with Gasteiger partial charge in [-0.2, -0.15) is 0 Å². The summed E-state index contributed by atoms with van der Waals surface area (Å²) < 4.78 is 5.90. The maximum Gasteiger partial charge on any atom is 0.233 e. The molecule has 36 heavy (non-hydrogen) atoms. The molecule has 2 heterocycles. The molecule has 1 saturated heterocycles. The summed E-state index contributed by atoms with van der Waals surface area (Å²) in [5.74, 6) is -1.74. The van der Waals surface area contributed by atoms with Crippen LogP contribution < -0.4 is 4.74 Å². The molecule has 6 rings (SSSR count). The van der Waals surface area contributed by atoms with Crippen molar-refractivity contribution >= 4 is 23.4 Å². The second kappa shape index (κ2) is 8.15. The summed E-state index contributed by atoms with van der Waals surface area (Å²) in [4.78, 5) is 54.6. The topological polar surface area (TPSA) is 101 Å². The largest absolute Gasteiger partial charge is 0.508 e.